The Morgan fingerprint density at radius 1 is 1.06 bits per heavy atom. The second-order valence-electron chi connectivity index (χ2n) is 6.09. The van der Waals surface area contributed by atoms with E-state index in [0.717, 1.165) is 5.56 Å². The molecule has 0 radical (unpaired) electrons. The van der Waals surface area contributed by atoms with Crippen LogP contribution in [0.2, 0.25) is 10.0 Å². The lowest BCUT2D eigenvalue weighted by Gasteiger charge is -2.06. The number of nitrogens with zero attached hydrogens (tertiary/aromatic N) is 1. The zero-order valence-corrected chi connectivity index (χ0v) is 18.2. The van der Waals surface area contributed by atoms with E-state index in [9.17, 15) is 14.4 Å². The molecule has 0 aromatic heterocycles. The van der Waals surface area contributed by atoms with Gasteiger partial charge in [0.25, 0.3) is 5.91 Å². The highest BCUT2D eigenvalue weighted by molar-refractivity contribution is 6.42. The van der Waals surface area contributed by atoms with Crippen LogP contribution in [0.25, 0.3) is 0 Å². The number of esters is 1. The van der Waals surface area contributed by atoms with E-state index in [2.05, 4.69) is 15.8 Å². The number of ether oxygens (including phenoxy) is 2. The van der Waals surface area contributed by atoms with E-state index in [1.165, 1.54) is 18.3 Å². The van der Waals surface area contributed by atoms with Crippen LogP contribution >= 0.6 is 23.2 Å². The van der Waals surface area contributed by atoms with Crippen molar-refractivity contribution in [3.05, 3.63) is 63.6 Å². The van der Waals surface area contributed by atoms with Gasteiger partial charge in [0.2, 0.25) is 5.91 Å². The van der Waals surface area contributed by atoms with Crippen molar-refractivity contribution in [2.24, 2.45) is 5.10 Å². The number of amides is 2. The number of hydrogen-bond donors (Lipinski definition) is 2. The van der Waals surface area contributed by atoms with Crippen LogP contribution in [0, 0.1) is 0 Å². The monoisotopic (exact) mass is 465 g/mol. The molecule has 31 heavy (non-hydrogen) atoms. The van der Waals surface area contributed by atoms with E-state index in [1.807, 2.05) is 0 Å². The Hall–Kier alpha value is -3.10. The number of hydrazone groups is 1. The predicted molar refractivity (Wildman–Crippen MR) is 118 cm³/mol. The lowest BCUT2D eigenvalue weighted by Crippen LogP contribution is -2.29. The summed E-state index contributed by atoms with van der Waals surface area (Å²) in [5.74, 6) is -0.656. The minimum Gasteiger partial charge on any atom is -0.482 e. The molecule has 10 heteroatoms. The molecule has 2 aromatic carbocycles. The minimum absolute atomic E-state index is 0.0467. The summed E-state index contributed by atoms with van der Waals surface area (Å²) >= 11 is 11.7. The lowest BCUT2D eigenvalue weighted by molar-refractivity contribution is -0.145. The van der Waals surface area contributed by atoms with Crippen LogP contribution in [0.4, 0.5) is 0 Å². The lowest BCUT2D eigenvalue weighted by atomic mass is 10.2. The van der Waals surface area contributed by atoms with Gasteiger partial charge in [-0.2, -0.15) is 5.10 Å². The van der Waals surface area contributed by atoms with Gasteiger partial charge in [-0.05, 0) is 55.0 Å². The number of benzene rings is 2. The van der Waals surface area contributed by atoms with Gasteiger partial charge in [-0.3, -0.25) is 9.59 Å². The van der Waals surface area contributed by atoms with Gasteiger partial charge < -0.3 is 14.8 Å². The molecule has 164 valence electrons. The summed E-state index contributed by atoms with van der Waals surface area (Å²) in [5, 5.41) is 7.11. The molecule has 0 aliphatic heterocycles. The third-order valence-corrected chi connectivity index (χ3v) is 4.50. The molecule has 2 amide bonds. The van der Waals surface area contributed by atoms with Crippen LogP contribution < -0.4 is 15.5 Å². The number of halogens is 2. The molecule has 2 aromatic rings. The van der Waals surface area contributed by atoms with E-state index in [4.69, 9.17) is 32.7 Å². The molecule has 0 aliphatic rings. The Balaban J connectivity index is 1.70. The van der Waals surface area contributed by atoms with Crippen molar-refractivity contribution in [2.75, 3.05) is 19.8 Å². The first kappa shape index (κ1) is 24.2. The maximum Gasteiger partial charge on any atom is 0.344 e. The van der Waals surface area contributed by atoms with Gasteiger partial charge >= 0.3 is 5.97 Å². The highest BCUT2D eigenvalue weighted by atomic mass is 35.5. The maximum absolute atomic E-state index is 12.0. The first-order chi connectivity index (χ1) is 14.9. The number of hydrogen-bond acceptors (Lipinski definition) is 6. The number of nitrogens with one attached hydrogen (secondary N) is 2. The molecule has 0 heterocycles. The first-order valence-electron chi connectivity index (χ1n) is 9.32. The second kappa shape index (κ2) is 12.6. The molecular formula is C21H21Cl2N3O5. The Bertz CT molecular complexity index is 949. The maximum atomic E-state index is 12.0. The molecule has 0 fully saturated rings. The van der Waals surface area contributed by atoms with Gasteiger partial charge in [0.1, 0.15) is 5.75 Å². The van der Waals surface area contributed by atoms with E-state index in [1.54, 1.807) is 37.3 Å². The fourth-order valence-electron chi connectivity index (χ4n) is 2.26. The topological polar surface area (TPSA) is 106 Å². The third-order valence-electron chi connectivity index (χ3n) is 3.76. The number of carbonyl (C=O) groups is 3. The van der Waals surface area contributed by atoms with Crippen LogP contribution in [0.3, 0.4) is 0 Å². The standard InChI is InChI=1S/C21H21Cl2N3O5/c1-2-30-20(28)13-31-16-6-3-14(4-7-16)12-25-26-19(27)9-10-24-21(29)15-5-8-17(22)18(23)11-15/h3-8,11-12H,2,9-10,13H2,1H3,(H,24,29)(H,26,27). The highest BCUT2D eigenvalue weighted by Crippen LogP contribution is 2.22. The number of rotatable bonds is 10. The molecule has 0 aliphatic carbocycles. The molecule has 0 bridgehead atoms. The molecule has 2 N–H and O–H groups in total. The summed E-state index contributed by atoms with van der Waals surface area (Å²) in [6.07, 6.45) is 1.51. The first-order valence-corrected chi connectivity index (χ1v) is 10.1. The SMILES string of the molecule is CCOC(=O)COc1ccc(C=NNC(=O)CCNC(=O)c2ccc(Cl)c(Cl)c2)cc1. The molecule has 8 nitrogen and oxygen atoms in total. The largest absolute Gasteiger partial charge is 0.482 e. The normalized spacial score (nSPS) is 10.5. The smallest absolute Gasteiger partial charge is 0.344 e. The molecule has 0 saturated heterocycles. The zero-order valence-electron chi connectivity index (χ0n) is 16.7. The van der Waals surface area contributed by atoms with Gasteiger partial charge in [-0.1, -0.05) is 23.2 Å². The summed E-state index contributed by atoms with van der Waals surface area (Å²) in [7, 11) is 0. The summed E-state index contributed by atoms with van der Waals surface area (Å²) in [6.45, 7) is 1.98. The van der Waals surface area contributed by atoms with E-state index in [-0.39, 0.29) is 36.4 Å². The quantitative estimate of drug-likeness (QED) is 0.318. The molecule has 2 rings (SSSR count). The summed E-state index contributed by atoms with van der Waals surface area (Å²) in [6, 6.07) is 11.3. The van der Waals surface area contributed by atoms with Crippen LogP contribution in [-0.2, 0) is 14.3 Å². The average molecular weight is 466 g/mol. The van der Waals surface area contributed by atoms with Crippen molar-refractivity contribution >= 4 is 47.2 Å². The van der Waals surface area contributed by atoms with Crippen LogP contribution in [-0.4, -0.2) is 43.8 Å². The summed E-state index contributed by atoms with van der Waals surface area (Å²) < 4.78 is 10.1. The Morgan fingerprint density at radius 2 is 1.81 bits per heavy atom. The van der Waals surface area contributed by atoms with Crippen molar-refractivity contribution in [3.8, 4) is 5.75 Å². The molecule has 0 spiro atoms. The van der Waals surface area contributed by atoms with E-state index < -0.39 is 5.97 Å². The van der Waals surface area contributed by atoms with E-state index >= 15 is 0 Å². The van der Waals surface area contributed by atoms with Crippen molar-refractivity contribution < 1.29 is 23.9 Å². The summed E-state index contributed by atoms with van der Waals surface area (Å²) in [4.78, 5) is 35.1. The second-order valence-corrected chi connectivity index (χ2v) is 6.91. The predicted octanol–water partition coefficient (Wildman–Crippen LogP) is 3.21. The van der Waals surface area contributed by atoms with Crippen molar-refractivity contribution in [1.82, 2.24) is 10.7 Å². The molecule has 0 unspecified atom stereocenters. The highest BCUT2D eigenvalue weighted by Gasteiger charge is 2.08. The Kier molecular flexibility index (Phi) is 9.80. The average Bonchev–Trinajstić information content (AvgIpc) is 2.75. The summed E-state index contributed by atoms with van der Waals surface area (Å²) in [5.41, 5.74) is 3.45. The van der Waals surface area contributed by atoms with Gasteiger partial charge in [0.15, 0.2) is 6.61 Å². The van der Waals surface area contributed by atoms with Gasteiger partial charge in [0, 0.05) is 18.5 Å². The zero-order chi connectivity index (χ0) is 22.6. The van der Waals surface area contributed by atoms with Gasteiger partial charge in [0.05, 0.1) is 22.9 Å². The van der Waals surface area contributed by atoms with Crippen LogP contribution in [0.1, 0.15) is 29.3 Å². The minimum atomic E-state index is -0.441. The fourth-order valence-corrected chi connectivity index (χ4v) is 2.56. The molecular weight excluding hydrogens is 445 g/mol. The van der Waals surface area contributed by atoms with Crippen molar-refractivity contribution in [3.63, 3.8) is 0 Å². The van der Waals surface area contributed by atoms with Crippen LogP contribution in [0.15, 0.2) is 47.6 Å². The molecule has 0 saturated carbocycles. The third kappa shape index (κ3) is 8.65. The van der Waals surface area contributed by atoms with Gasteiger partial charge in [-0.15, -0.1) is 0 Å². The number of carbonyl (C=O) groups excluding carboxylic acids is 3. The fraction of sp³-hybridized carbons (Fsp3) is 0.238. The molecule has 0 atom stereocenters. The Labute approximate surface area is 189 Å². The van der Waals surface area contributed by atoms with Gasteiger partial charge in [-0.25, -0.2) is 10.2 Å². The van der Waals surface area contributed by atoms with Crippen LogP contribution in [0.5, 0.6) is 5.75 Å². The Morgan fingerprint density at radius 3 is 2.48 bits per heavy atom. The van der Waals surface area contributed by atoms with E-state index in [0.29, 0.717) is 22.9 Å². The van der Waals surface area contributed by atoms with Crippen molar-refractivity contribution in [2.45, 2.75) is 13.3 Å². The van der Waals surface area contributed by atoms with Crippen molar-refractivity contribution in [1.29, 1.82) is 0 Å².